The average molecular weight is 261 g/mol. The Morgan fingerprint density at radius 2 is 1.85 bits per heavy atom. The number of nitrogens with zero attached hydrogens (tertiary/aromatic N) is 3. The van der Waals surface area contributed by atoms with Crippen LogP contribution < -0.4 is 5.56 Å². The Bertz CT molecular complexity index is 875. The largest absolute Gasteiger partial charge is 0.301 e. The summed E-state index contributed by atoms with van der Waals surface area (Å²) in [5, 5.41) is 9.13. The van der Waals surface area contributed by atoms with Gasteiger partial charge >= 0.3 is 0 Å². The van der Waals surface area contributed by atoms with Gasteiger partial charge in [-0.15, -0.1) is 0 Å². The van der Waals surface area contributed by atoms with Gasteiger partial charge in [-0.1, -0.05) is 30.3 Å². The second kappa shape index (κ2) is 4.98. The van der Waals surface area contributed by atoms with Crippen molar-refractivity contribution in [1.82, 2.24) is 9.55 Å². The Morgan fingerprint density at radius 3 is 2.70 bits per heavy atom. The van der Waals surface area contributed by atoms with Gasteiger partial charge in [-0.05, 0) is 23.8 Å². The molecule has 0 atom stereocenters. The smallest absolute Gasteiger partial charge is 0.269 e. The molecular weight excluding hydrogens is 250 g/mol. The minimum atomic E-state index is -0.170. The van der Waals surface area contributed by atoms with E-state index in [-0.39, 0.29) is 5.56 Å². The van der Waals surface area contributed by atoms with Gasteiger partial charge in [-0.3, -0.25) is 4.79 Å². The average Bonchev–Trinajstić information content (AvgIpc) is 2.50. The summed E-state index contributed by atoms with van der Waals surface area (Å²) < 4.78 is 1.64. The highest BCUT2D eigenvalue weighted by Gasteiger charge is 2.07. The van der Waals surface area contributed by atoms with Gasteiger partial charge in [0, 0.05) is 0 Å². The van der Waals surface area contributed by atoms with E-state index in [9.17, 15) is 4.79 Å². The minimum Gasteiger partial charge on any atom is -0.301 e. The number of aromatic nitrogens is 2. The summed E-state index contributed by atoms with van der Waals surface area (Å²) in [6.07, 6.45) is 1.32. The SMILES string of the molecule is N#Cc1ccccc1Cn1c(=O)cnc2ccccc21. The van der Waals surface area contributed by atoms with Crippen LogP contribution in [0.15, 0.2) is 59.5 Å². The molecule has 0 bridgehead atoms. The lowest BCUT2D eigenvalue weighted by Crippen LogP contribution is -2.21. The van der Waals surface area contributed by atoms with Crippen LogP contribution in [-0.4, -0.2) is 9.55 Å². The topological polar surface area (TPSA) is 58.7 Å². The van der Waals surface area contributed by atoms with Gasteiger partial charge in [0.2, 0.25) is 0 Å². The van der Waals surface area contributed by atoms with Crippen molar-refractivity contribution >= 4 is 11.0 Å². The summed E-state index contributed by atoms with van der Waals surface area (Å²) >= 11 is 0. The quantitative estimate of drug-likeness (QED) is 0.711. The first-order chi connectivity index (χ1) is 9.79. The molecule has 2 aromatic carbocycles. The lowest BCUT2D eigenvalue weighted by molar-refractivity contribution is 0.785. The molecule has 0 radical (unpaired) electrons. The van der Waals surface area contributed by atoms with E-state index < -0.39 is 0 Å². The number of rotatable bonds is 2. The summed E-state index contributed by atoms with van der Waals surface area (Å²) in [6, 6.07) is 16.9. The Kier molecular flexibility index (Phi) is 3.02. The van der Waals surface area contributed by atoms with Gasteiger partial charge in [0.1, 0.15) is 0 Å². The lowest BCUT2D eigenvalue weighted by atomic mass is 10.1. The third-order valence-electron chi connectivity index (χ3n) is 3.22. The molecule has 0 amide bonds. The van der Waals surface area contributed by atoms with Gasteiger partial charge in [0.15, 0.2) is 0 Å². The highest BCUT2D eigenvalue weighted by molar-refractivity contribution is 5.74. The lowest BCUT2D eigenvalue weighted by Gasteiger charge is -2.10. The van der Waals surface area contributed by atoms with Crippen LogP contribution in [0.3, 0.4) is 0 Å². The van der Waals surface area contributed by atoms with E-state index in [2.05, 4.69) is 11.1 Å². The van der Waals surface area contributed by atoms with E-state index in [1.165, 1.54) is 6.20 Å². The highest BCUT2D eigenvalue weighted by Crippen LogP contribution is 2.13. The summed E-state index contributed by atoms with van der Waals surface area (Å²) in [5.74, 6) is 0. The molecule has 0 fully saturated rings. The normalized spacial score (nSPS) is 10.3. The predicted molar refractivity (Wildman–Crippen MR) is 76.3 cm³/mol. The molecule has 0 aliphatic heterocycles. The van der Waals surface area contributed by atoms with Gasteiger partial charge in [-0.2, -0.15) is 5.26 Å². The van der Waals surface area contributed by atoms with Crippen molar-refractivity contribution in [1.29, 1.82) is 5.26 Å². The van der Waals surface area contributed by atoms with Crippen LogP contribution in [0, 0.1) is 11.3 Å². The number of para-hydroxylation sites is 2. The molecule has 0 saturated carbocycles. The highest BCUT2D eigenvalue weighted by atomic mass is 16.1. The van der Waals surface area contributed by atoms with E-state index >= 15 is 0 Å². The third-order valence-corrected chi connectivity index (χ3v) is 3.22. The van der Waals surface area contributed by atoms with Gasteiger partial charge < -0.3 is 4.57 Å². The first-order valence-corrected chi connectivity index (χ1v) is 6.22. The van der Waals surface area contributed by atoms with Gasteiger partial charge in [-0.25, -0.2) is 4.98 Å². The van der Waals surface area contributed by atoms with Gasteiger partial charge in [0.05, 0.1) is 35.4 Å². The Balaban J connectivity index is 2.18. The van der Waals surface area contributed by atoms with E-state index in [1.807, 2.05) is 42.5 Å². The summed E-state index contributed by atoms with van der Waals surface area (Å²) in [5.41, 5.74) is 2.78. The molecule has 4 heteroatoms. The van der Waals surface area contributed by atoms with Crippen LogP contribution in [0.25, 0.3) is 11.0 Å². The van der Waals surface area contributed by atoms with Crippen LogP contribution in [0.2, 0.25) is 0 Å². The van der Waals surface area contributed by atoms with E-state index in [4.69, 9.17) is 5.26 Å². The molecular formula is C16H11N3O. The second-order valence-electron chi connectivity index (χ2n) is 4.44. The molecule has 0 unspecified atom stereocenters. The Morgan fingerprint density at radius 1 is 1.10 bits per heavy atom. The van der Waals surface area contributed by atoms with Crippen molar-refractivity contribution in [2.24, 2.45) is 0 Å². The zero-order valence-corrected chi connectivity index (χ0v) is 10.7. The standard InChI is InChI=1S/C16H11N3O/c17-9-12-5-1-2-6-13(12)11-19-15-8-4-3-7-14(15)18-10-16(19)20/h1-8,10H,11H2. The number of fused-ring (bicyclic) bond motifs is 1. The number of benzene rings is 2. The fraction of sp³-hybridized carbons (Fsp3) is 0.0625. The maximum absolute atomic E-state index is 12.1. The van der Waals surface area contributed by atoms with Crippen molar-refractivity contribution in [2.45, 2.75) is 6.54 Å². The van der Waals surface area contributed by atoms with E-state index in [0.717, 1.165) is 16.6 Å². The van der Waals surface area contributed by atoms with Crippen molar-refractivity contribution < 1.29 is 0 Å². The second-order valence-corrected chi connectivity index (χ2v) is 4.44. The first kappa shape index (κ1) is 12.1. The fourth-order valence-corrected chi connectivity index (χ4v) is 2.22. The molecule has 20 heavy (non-hydrogen) atoms. The van der Waals surface area contributed by atoms with Crippen molar-refractivity contribution in [3.8, 4) is 6.07 Å². The molecule has 0 spiro atoms. The molecule has 0 saturated heterocycles. The molecule has 1 heterocycles. The zero-order valence-electron chi connectivity index (χ0n) is 10.7. The number of hydrogen-bond donors (Lipinski definition) is 0. The monoisotopic (exact) mass is 261 g/mol. The van der Waals surface area contributed by atoms with Crippen LogP contribution in [0.4, 0.5) is 0 Å². The molecule has 0 aliphatic rings. The number of nitriles is 1. The first-order valence-electron chi connectivity index (χ1n) is 6.22. The van der Waals surface area contributed by atoms with Crippen LogP contribution in [-0.2, 0) is 6.54 Å². The van der Waals surface area contributed by atoms with E-state index in [0.29, 0.717) is 12.1 Å². The maximum Gasteiger partial charge on any atom is 0.269 e. The minimum absolute atomic E-state index is 0.170. The van der Waals surface area contributed by atoms with Gasteiger partial charge in [0.25, 0.3) is 5.56 Å². The Labute approximate surface area is 115 Å². The number of hydrogen-bond acceptors (Lipinski definition) is 3. The maximum atomic E-state index is 12.1. The molecule has 96 valence electrons. The zero-order chi connectivity index (χ0) is 13.9. The van der Waals surface area contributed by atoms with Crippen molar-refractivity contribution in [2.75, 3.05) is 0 Å². The van der Waals surface area contributed by atoms with Crippen LogP contribution in [0.5, 0.6) is 0 Å². The molecule has 4 nitrogen and oxygen atoms in total. The van der Waals surface area contributed by atoms with Crippen molar-refractivity contribution in [3.63, 3.8) is 0 Å². The molecule has 1 aromatic heterocycles. The van der Waals surface area contributed by atoms with Crippen LogP contribution >= 0.6 is 0 Å². The molecule has 3 rings (SSSR count). The molecule has 0 aliphatic carbocycles. The van der Waals surface area contributed by atoms with Crippen molar-refractivity contribution in [3.05, 3.63) is 76.2 Å². The summed E-state index contributed by atoms with van der Waals surface area (Å²) in [4.78, 5) is 16.2. The fourth-order valence-electron chi connectivity index (χ4n) is 2.22. The van der Waals surface area contributed by atoms with E-state index in [1.54, 1.807) is 10.6 Å². The molecule has 0 N–H and O–H groups in total. The summed E-state index contributed by atoms with van der Waals surface area (Å²) in [7, 11) is 0. The molecule has 3 aromatic rings. The third kappa shape index (κ3) is 2.06. The Hall–Kier alpha value is -2.93. The predicted octanol–water partition coefficient (Wildman–Crippen LogP) is 2.32. The van der Waals surface area contributed by atoms with Crippen LogP contribution in [0.1, 0.15) is 11.1 Å². The summed E-state index contributed by atoms with van der Waals surface area (Å²) in [6.45, 7) is 0.367.